The maximum atomic E-state index is 14.1. The summed E-state index contributed by atoms with van der Waals surface area (Å²) in [5, 5.41) is 2.27. The Kier molecular flexibility index (Phi) is 4.58. The first-order chi connectivity index (χ1) is 11.2. The average Bonchev–Trinajstić information content (AvgIpc) is 2.60. The van der Waals surface area contributed by atoms with Crippen LogP contribution < -0.4 is 10.5 Å². The van der Waals surface area contributed by atoms with Crippen LogP contribution in [0.15, 0.2) is 60.7 Å². The van der Waals surface area contributed by atoms with E-state index >= 15 is 0 Å². The first kappa shape index (κ1) is 15.5. The van der Waals surface area contributed by atoms with Crippen molar-refractivity contribution in [1.29, 1.82) is 0 Å². The van der Waals surface area contributed by atoms with Gasteiger partial charge in [-0.25, -0.2) is 4.39 Å². The predicted octanol–water partition coefficient (Wildman–Crippen LogP) is 4.27. The summed E-state index contributed by atoms with van der Waals surface area (Å²) in [4.78, 5) is 0. The largest absolute Gasteiger partial charge is 0.496 e. The summed E-state index contributed by atoms with van der Waals surface area (Å²) in [6.45, 7) is 0.382. The molecule has 3 aromatic rings. The molecular formula is C20H20FNO. The third-order valence-corrected chi connectivity index (χ3v) is 4.30. The minimum absolute atomic E-state index is 0.0871. The molecule has 3 heteroatoms. The second-order valence-corrected chi connectivity index (χ2v) is 5.63. The van der Waals surface area contributed by atoms with Gasteiger partial charge in [-0.05, 0) is 41.4 Å². The monoisotopic (exact) mass is 309 g/mol. The molecule has 0 bridgehead atoms. The number of halogens is 1. The Hall–Kier alpha value is -2.39. The number of hydrogen-bond acceptors (Lipinski definition) is 2. The van der Waals surface area contributed by atoms with Crippen LogP contribution >= 0.6 is 0 Å². The summed E-state index contributed by atoms with van der Waals surface area (Å²) in [6.07, 6.45) is 0.641. The van der Waals surface area contributed by atoms with Gasteiger partial charge in [0.1, 0.15) is 11.6 Å². The van der Waals surface area contributed by atoms with Gasteiger partial charge in [0.25, 0.3) is 0 Å². The van der Waals surface area contributed by atoms with Crippen LogP contribution in [0.25, 0.3) is 10.8 Å². The fraction of sp³-hybridized carbons (Fsp3) is 0.200. The van der Waals surface area contributed by atoms with Crippen molar-refractivity contribution in [2.45, 2.75) is 12.3 Å². The number of benzene rings is 3. The molecule has 0 heterocycles. The van der Waals surface area contributed by atoms with E-state index in [0.717, 1.165) is 22.1 Å². The van der Waals surface area contributed by atoms with E-state index in [0.29, 0.717) is 18.5 Å². The Morgan fingerprint density at radius 2 is 1.74 bits per heavy atom. The highest BCUT2D eigenvalue weighted by Crippen LogP contribution is 2.33. The number of fused-ring (bicyclic) bond motifs is 1. The lowest BCUT2D eigenvalue weighted by Crippen LogP contribution is -2.17. The van der Waals surface area contributed by atoms with Gasteiger partial charge in [0.05, 0.1) is 7.11 Å². The van der Waals surface area contributed by atoms with Crippen LogP contribution in [0, 0.1) is 5.82 Å². The fourth-order valence-corrected chi connectivity index (χ4v) is 3.09. The zero-order valence-electron chi connectivity index (χ0n) is 13.1. The van der Waals surface area contributed by atoms with Gasteiger partial charge >= 0.3 is 0 Å². The van der Waals surface area contributed by atoms with Crippen LogP contribution in [0.4, 0.5) is 4.39 Å². The molecule has 0 fully saturated rings. The van der Waals surface area contributed by atoms with Gasteiger partial charge in [-0.15, -0.1) is 0 Å². The summed E-state index contributed by atoms with van der Waals surface area (Å²) < 4.78 is 19.7. The predicted molar refractivity (Wildman–Crippen MR) is 92.4 cm³/mol. The Morgan fingerprint density at radius 3 is 2.48 bits per heavy atom. The van der Waals surface area contributed by atoms with E-state index in [1.54, 1.807) is 13.2 Å². The zero-order chi connectivity index (χ0) is 16.2. The first-order valence-corrected chi connectivity index (χ1v) is 7.73. The molecule has 3 rings (SSSR count). The van der Waals surface area contributed by atoms with Crippen LogP contribution in [0.1, 0.15) is 17.0 Å². The summed E-state index contributed by atoms with van der Waals surface area (Å²) in [7, 11) is 1.66. The average molecular weight is 309 g/mol. The maximum absolute atomic E-state index is 14.1. The van der Waals surface area contributed by atoms with Crippen LogP contribution in [-0.2, 0) is 6.42 Å². The molecule has 0 aliphatic carbocycles. The third-order valence-electron chi connectivity index (χ3n) is 4.30. The molecule has 0 aromatic heterocycles. The smallest absolute Gasteiger partial charge is 0.126 e. The number of hydrogen-bond donors (Lipinski definition) is 1. The molecule has 0 aliphatic rings. The molecule has 1 atom stereocenters. The molecule has 2 nitrogen and oxygen atoms in total. The summed E-state index contributed by atoms with van der Waals surface area (Å²) in [5.41, 5.74) is 7.68. The van der Waals surface area contributed by atoms with Crippen molar-refractivity contribution in [1.82, 2.24) is 0 Å². The van der Waals surface area contributed by atoms with E-state index in [4.69, 9.17) is 10.5 Å². The SMILES string of the molecule is COc1ccc2ccccc2c1CC(CN)c1ccccc1F. The van der Waals surface area contributed by atoms with Crippen molar-refractivity contribution >= 4 is 10.8 Å². The highest BCUT2D eigenvalue weighted by atomic mass is 19.1. The minimum atomic E-state index is -0.206. The molecule has 0 spiro atoms. The second-order valence-electron chi connectivity index (χ2n) is 5.63. The molecule has 1 unspecified atom stereocenters. The first-order valence-electron chi connectivity index (χ1n) is 7.73. The third kappa shape index (κ3) is 3.06. The van der Waals surface area contributed by atoms with E-state index in [1.807, 2.05) is 36.4 Å². The highest BCUT2D eigenvalue weighted by molar-refractivity contribution is 5.87. The van der Waals surface area contributed by atoms with Gasteiger partial charge in [-0.3, -0.25) is 0 Å². The lowest BCUT2D eigenvalue weighted by atomic mass is 9.89. The standard InChI is InChI=1S/C20H20FNO/c1-23-20-11-10-14-6-2-3-7-16(14)18(20)12-15(13-22)17-8-4-5-9-19(17)21/h2-11,15H,12-13,22H2,1H3. The van der Waals surface area contributed by atoms with E-state index < -0.39 is 0 Å². The van der Waals surface area contributed by atoms with Crippen LogP contribution in [0.3, 0.4) is 0 Å². The molecule has 0 saturated heterocycles. The van der Waals surface area contributed by atoms with Crippen molar-refractivity contribution in [2.24, 2.45) is 5.73 Å². The highest BCUT2D eigenvalue weighted by Gasteiger charge is 2.18. The normalized spacial score (nSPS) is 12.3. The van der Waals surface area contributed by atoms with E-state index in [-0.39, 0.29) is 11.7 Å². The second kappa shape index (κ2) is 6.80. The Morgan fingerprint density at radius 1 is 1.00 bits per heavy atom. The minimum Gasteiger partial charge on any atom is -0.496 e. The molecule has 2 N–H and O–H groups in total. The molecule has 0 radical (unpaired) electrons. The Balaban J connectivity index is 2.07. The van der Waals surface area contributed by atoms with Gasteiger partial charge in [0, 0.05) is 11.5 Å². The van der Waals surface area contributed by atoms with E-state index in [2.05, 4.69) is 12.1 Å². The van der Waals surface area contributed by atoms with Crippen LogP contribution in [0.5, 0.6) is 5.75 Å². The fourth-order valence-electron chi connectivity index (χ4n) is 3.09. The summed E-state index contributed by atoms with van der Waals surface area (Å²) in [5.74, 6) is 0.525. The van der Waals surface area contributed by atoms with E-state index in [9.17, 15) is 4.39 Å². The molecule has 0 saturated carbocycles. The molecular weight excluding hydrogens is 289 g/mol. The van der Waals surface area contributed by atoms with Crippen LogP contribution in [-0.4, -0.2) is 13.7 Å². The van der Waals surface area contributed by atoms with E-state index in [1.165, 1.54) is 6.07 Å². The maximum Gasteiger partial charge on any atom is 0.126 e. The number of ether oxygens (including phenoxy) is 1. The van der Waals surface area contributed by atoms with Crippen molar-refractivity contribution in [3.8, 4) is 5.75 Å². The molecule has 0 aliphatic heterocycles. The quantitative estimate of drug-likeness (QED) is 0.764. The lowest BCUT2D eigenvalue weighted by Gasteiger charge is -2.19. The van der Waals surface area contributed by atoms with Gasteiger partial charge in [0.2, 0.25) is 0 Å². The van der Waals surface area contributed by atoms with Gasteiger partial charge in [0.15, 0.2) is 0 Å². The number of methoxy groups -OCH3 is 1. The van der Waals surface area contributed by atoms with Crippen molar-refractivity contribution in [3.05, 3.63) is 77.6 Å². The molecule has 0 amide bonds. The summed E-state index contributed by atoms with van der Waals surface area (Å²) in [6, 6.07) is 19.0. The van der Waals surface area contributed by atoms with Crippen molar-refractivity contribution in [3.63, 3.8) is 0 Å². The van der Waals surface area contributed by atoms with Crippen LogP contribution in [0.2, 0.25) is 0 Å². The zero-order valence-corrected chi connectivity index (χ0v) is 13.1. The number of rotatable bonds is 5. The Bertz CT molecular complexity index is 816. The van der Waals surface area contributed by atoms with Gasteiger partial charge < -0.3 is 10.5 Å². The lowest BCUT2D eigenvalue weighted by molar-refractivity contribution is 0.408. The van der Waals surface area contributed by atoms with Crippen molar-refractivity contribution in [2.75, 3.05) is 13.7 Å². The molecule has 3 aromatic carbocycles. The van der Waals surface area contributed by atoms with Crippen molar-refractivity contribution < 1.29 is 9.13 Å². The summed E-state index contributed by atoms with van der Waals surface area (Å²) >= 11 is 0. The molecule has 118 valence electrons. The Labute approximate surface area is 135 Å². The molecule has 23 heavy (non-hydrogen) atoms. The van der Waals surface area contributed by atoms with Gasteiger partial charge in [-0.2, -0.15) is 0 Å². The van der Waals surface area contributed by atoms with Gasteiger partial charge in [-0.1, -0.05) is 48.5 Å². The topological polar surface area (TPSA) is 35.2 Å². The number of nitrogens with two attached hydrogens (primary N) is 1.